The summed E-state index contributed by atoms with van der Waals surface area (Å²) < 4.78 is 4.78. The Morgan fingerprint density at radius 2 is 0.608 bits per heavy atom. The molecule has 0 radical (unpaired) electrons. The zero-order valence-corrected chi connectivity index (χ0v) is 40.2. The van der Waals surface area contributed by atoms with Gasteiger partial charge in [0, 0.05) is 62.0 Å². The average molecular weight is 944 g/mol. The highest BCUT2D eigenvalue weighted by Gasteiger charge is 2.19. The van der Waals surface area contributed by atoms with Crippen LogP contribution in [0, 0.1) is 0 Å². The van der Waals surface area contributed by atoms with Crippen LogP contribution in [0.15, 0.2) is 273 Å². The van der Waals surface area contributed by atoms with E-state index in [0.29, 0.717) is 5.82 Å². The predicted octanol–water partition coefficient (Wildman–Crippen LogP) is 17.7. The van der Waals surface area contributed by atoms with Crippen molar-refractivity contribution < 1.29 is 0 Å². The van der Waals surface area contributed by atoms with Crippen molar-refractivity contribution in [3.8, 4) is 89.8 Å². The molecule has 0 saturated carbocycles. The standard InChI is InChI=1S/C69H45N5/c1-4-14-46(15-5-1)47-24-28-50(29-25-47)63-45-64(72-69(71-63)51-30-26-48(27-31-51)49-36-38-70-39-37-49)56-41-54(52-32-34-61-59-20-10-12-22-65(59)73(67(61)43-52)57-16-6-2-7-17-57)40-55(42-56)53-33-35-62-60-21-11-13-23-66(60)74(68(62)44-53)58-18-8-3-9-19-58/h1-45H. The molecule has 14 aromatic rings. The largest absolute Gasteiger partial charge is 0.309 e. The molecule has 346 valence electrons. The second kappa shape index (κ2) is 18.0. The third-order valence-corrected chi connectivity index (χ3v) is 14.4. The van der Waals surface area contributed by atoms with Crippen LogP contribution in [0.1, 0.15) is 0 Å². The fraction of sp³-hybridized carbons (Fsp3) is 0. The van der Waals surface area contributed by atoms with E-state index in [4.69, 9.17) is 9.97 Å². The molecule has 4 heterocycles. The molecule has 0 spiro atoms. The van der Waals surface area contributed by atoms with Crippen LogP contribution in [0.4, 0.5) is 0 Å². The number of para-hydroxylation sites is 4. The Hall–Kier alpha value is -9.97. The first-order valence-corrected chi connectivity index (χ1v) is 25.1. The molecule has 0 saturated heterocycles. The minimum atomic E-state index is 0.653. The molecule has 0 aliphatic heterocycles. The molecule has 5 nitrogen and oxygen atoms in total. The first kappa shape index (κ1) is 42.9. The van der Waals surface area contributed by atoms with Crippen molar-refractivity contribution in [3.05, 3.63) is 273 Å². The first-order chi connectivity index (χ1) is 36.7. The summed E-state index contributed by atoms with van der Waals surface area (Å²) in [5.41, 5.74) is 20.4. The van der Waals surface area contributed by atoms with E-state index < -0.39 is 0 Å². The Bertz CT molecular complexity index is 4090. The van der Waals surface area contributed by atoms with Gasteiger partial charge in [-0.25, -0.2) is 9.97 Å². The number of benzene rings is 10. The Balaban J connectivity index is 0.992. The normalized spacial score (nSPS) is 11.5. The van der Waals surface area contributed by atoms with Crippen LogP contribution < -0.4 is 0 Å². The van der Waals surface area contributed by atoms with Gasteiger partial charge in [-0.1, -0.05) is 176 Å². The lowest BCUT2D eigenvalue weighted by molar-refractivity contribution is 1.18. The third kappa shape index (κ3) is 7.63. The van der Waals surface area contributed by atoms with Crippen molar-refractivity contribution in [2.24, 2.45) is 0 Å². The summed E-state index contributed by atoms with van der Waals surface area (Å²) in [4.78, 5) is 15.0. The van der Waals surface area contributed by atoms with Gasteiger partial charge in [0.1, 0.15) is 0 Å². The van der Waals surface area contributed by atoms with Gasteiger partial charge in [-0.3, -0.25) is 4.98 Å². The average Bonchev–Trinajstić information content (AvgIpc) is 4.00. The molecule has 14 rings (SSSR count). The van der Waals surface area contributed by atoms with E-state index in [1.165, 1.54) is 38.1 Å². The van der Waals surface area contributed by atoms with Gasteiger partial charge < -0.3 is 9.13 Å². The molecule has 0 aliphatic carbocycles. The van der Waals surface area contributed by atoms with Gasteiger partial charge >= 0.3 is 0 Å². The highest BCUT2D eigenvalue weighted by Crippen LogP contribution is 2.41. The van der Waals surface area contributed by atoms with E-state index >= 15 is 0 Å². The fourth-order valence-corrected chi connectivity index (χ4v) is 10.8. The van der Waals surface area contributed by atoms with Crippen molar-refractivity contribution in [1.82, 2.24) is 24.1 Å². The van der Waals surface area contributed by atoms with Crippen LogP contribution in [0.5, 0.6) is 0 Å². The van der Waals surface area contributed by atoms with E-state index in [1.807, 2.05) is 24.5 Å². The summed E-state index contributed by atoms with van der Waals surface area (Å²) in [5, 5.41) is 4.87. The minimum absolute atomic E-state index is 0.653. The van der Waals surface area contributed by atoms with E-state index in [0.717, 1.165) is 89.4 Å². The lowest BCUT2D eigenvalue weighted by Crippen LogP contribution is -1.97. The summed E-state index contributed by atoms with van der Waals surface area (Å²) in [6, 6.07) is 93.6. The molecule has 10 aromatic carbocycles. The van der Waals surface area contributed by atoms with Crippen LogP contribution in [-0.4, -0.2) is 24.1 Å². The number of hydrogen-bond acceptors (Lipinski definition) is 3. The van der Waals surface area contributed by atoms with Crippen LogP contribution in [0.2, 0.25) is 0 Å². The number of nitrogens with zero attached hydrogens (tertiary/aromatic N) is 5. The monoisotopic (exact) mass is 943 g/mol. The second-order valence-electron chi connectivity index (χ2n) is 18.9. The summed E-state index contributed by atoms with van der Waals surface area (Å²) in [6.45, 7) is 0. The smallest absolute Gasteiger partial charge is 0.160 e. The lowest BCUT2D eigenvalue weighted by atomic mass is 9.93. The van der Waals surface area contributed by atoms with Gasteiger partial charge in [0.05, 0.1) is 33.5 Å². The molecule has 5 heteroatoms. The molecule has 0 unspecified atom stereocenters. The summed E-state index contributed by atoms with van der Waals surface area (Å²) in [7, 11) is 0. The zero-order valence-electron chi connectivity index (χ0n) is 40.2. The van der Waals surface area contributed by atoms with Crippen LogP contribution in [0.3, 0.4) is 0 Å². The summed E-state index contributed by atoms with van der Waals surface area (Å²) >= 11 is 0. The maximum atomic E-state index is 5.47. The topological polar surface area (TPSA) is 48.5 Å². The molecule has 0 bridgehead atoms. The number of pyridine rings is 1. The Labute approximate surface area is 428 Å². The Kier molecular flexibility index (Phi) is 10.4. The second-order valence-corrected chi connectivity index (χ2v) is 18.9. The van der Waals surface area contributed by atoms with Gasteiger partial charge in [0.15, 0.2) is 5.82 Å². The molecule has 0 aliphatic rings. The highest BCUT2D eigenvalue weighted by molar-refractivity contribution is 6.11. The Morgan fingerprint density at radius 3 is 1.14 bits per heavy atom. The quantitative estimate of drug-likeness (QED) is 0.145. The van der Waals surface area contributed by atoms with Crippen LogP contribution in [-0.2, 0) is 0 Å². The molecular weight excluding hydrogens is 899 g/mol. The zero-order chi connectivity index (χ0) is 49.0. The van der Waals surface area contributed by atoms with Gasteiger partial charge in [-0.15, -0.1) is 0 Å². The number of rotatable bonds is 9. The summed E-state index contributed by atoms with van der Waals surface area (Å²) in [6.07, 6.45) is 3.66. The van der Waals surface area contributed by atoms with Crippen molar-refractivity contribution in [2.75, 3.05) is 0 Å². The highest BCUT2D eigenvalue weighted by atomic mass is 15.0. The van der Waals surface area contributed by atoms with Crippen LogP contribution in [0.25, 0.3) is 133 Å². The van der Waals surface area contributed by atoms with E-state index in [1.54, 1.807) is 0 Å². The SMILES string of the molecule is c1ccc(-c2ccc(-c3cc(-c4cc(-c5ccc6c7ccccc7n(-c7ccccc7)c6c5)cc(-c5ccc6c7ccccc7n(-c7ccccc7)c6c5)c4)nc(-c4ccc(-c5ccncc5)cc4)n3)cc2)cc1. The van der Waals surface area contributed by atoms with Crippen molar-refractivity contribution in [2.45, 2.75) is 0 Å². The van der Waals surface area contributed by atoms with Gasteiger partial charge in [-0.2, -0.15) is 0 Å². The molecule has 4 aromatic heterocycles. The molecule has 0 N–H and O–H groups in total. The van der Waals surface area contributed by atoms with Gasteiger partial charge in [0.25, 0.3) is 0 Å². The van der Waals surface area contributed by atoms with Crippen molar-refractivity contribution in [3.63, 3.8) is 0 Å². The van der Waals surface area contributed by atoms with E-state index in [2.05, 4.69) is 263 Å². The minimum Gasteiger partial charge on any atom is -0.309 e. The lowest BCUT2D eigenvalue weighted by Gasteiger charge is -2.15. The molecule has 0 amide bonds. The first-order valence-electron chi connectivity index (χ1n) is 25.1. The third-order valence-electron chi connectivity index (χ3n) is 14.4. The van der Waals surface area contributed by atoms with Crippen molar-refractivity contribution in [1.29, 1.82) is 0 Å². The molecule has 74 heavy (non-hydrogen) atoms. The molecular formula is C69H45N5. The number of fused-ring (bicyclic) bond motifs is 6. The fourth-order valence-electron chi connectivity index (χ4n) is 10.8. The van der Waals surface area contributed by atoms with Gasteiger partial charge in [0.2, 0.25) is 0 Å². The van der Waals surface area contributed by atoms with Crippen LogP contribution >= 0.6 is 0 Å². The maximum absolute atomic E-state index is 5.47. The van der Waals surface area contributed by atoms with E-state index in [-0.39, 0.29) is 0 Å². The number of hydrogen-bond donors (Lipinski definition) is 0. The predicted molar refractivity (Wildman–Crippen MR) is 307 cm³/mol. The molecule has 0 atom stereocenters. The number of aromatic nitrogens is 5. The van der Waals surface area contributed by atoms with E-state index in [9.17, 15) is 0 Å². The summed E-state index contributed by atoms with van der Waals surface area (Å²) in [5.74, 6) is 0.653. The van der Waals surface area contributed by atoms with Crippen molar-refractivity contribution >= 4 is 43.6 Å². The maximum Gasteiger partial charge on any atom is 0.160 e. The molecule has 0 fully saturated rings. The Morgan fingerprint density at radius 1 is 0.230 bits per heavy atom. The van der Waals surface area contributed by atoms with Gasteiger partial charge in [-0.05, 0) is 129 Å².